The number of amides is 1. The third-order valence-corrected chi connectivity index (χ3v) is 4.47. The van der Waals surface area contributed by atoms with Crippen LogP contribution in [0.15, 0.2) is 42.6 Å². The number of hydrogen-bond donors (Lipinski definition) is 1. The molecule has 1 aromatic carbocycles. The molecule has 26 heavy (non-hydrogen) atoms. The Balaban J connectivity index is 1.78. The van der Waals surface area contributed by atoms with Gasteiger partial charge in [0.2, 0.25) is 0 Å². The van der Waals surface area contributed by atoms with Gasteiger partial charge in [0.1, 0.15) is 9.88 Å². The van der Waals surface area contributed by atoms with Crippen molar-refractivity contribution in [3.8, 4) is 16.5 Å². The number of nitrogens with zero attached hydrogens (tertiary/aromatic N) is 2. The normalized spacial score (nSPS) is 10.8. The highest BCUT2D eigenvalue weighted by Crippen LogP contribution is 2.28. The Morgan fingerprint density at radius 1 is 1.27 bits per heavy atom. The summed E-state index contributed by atoms with van der Waals surface area (Å²) in [6, 6.07) is 8.56. The Kier molecular flexibility index (Phi) is 5.17. The molecule has 0 bridgehead atoms. The molecular formula is C17H12F3N3O2S. The quantitative estimate of drug-likeness (QED) is 0.709. The first-order chi connectivity index (χ1) is 12.4. The molecular weight excluding hydrogens is 367 g/mol. The van der Waals surface area contributed by atoms with Crippen LogP contribution in [0.4, 0.5) is 18.9 Å². The molecule has 3 aromatic rings. The zero-order valence-electron chi connectivity index (χ0n) is 13.4. The van der Waals surface area contributed by atoms with Gasteiger partial charge < -0.3 is 10.1 Å². The van der Waals surface area contributed by atoms with Gasteiger partial charge in [-0.15, -0.1) is 11.3 Å². The second-order valence-electron chi connectivity index (χ2n) is 5.13. The molecule has 2 aromatic heterocycles. The van der Waals surface area contributed by atoms with Crippen molar-refractivity contribution in [2.45, 2.75) is 13.5 Å². The first-order valence-electron chi connectivity index (χ1n) is 7.38. The third kappa shape index (κ3) is 3.99. The smallest absolute Gasteiger partial charge is 0.387 e. The molecule has 0 spiro atoms. The molecule has 5 nitrogen and oxygen atoms in total. The molecule has 1 N–H and O–H groups in total. The zero-order valence-corrected chi connectivity index (χ0v) is 14.2. The standard InChI is InChI=1S/C17H12F3N3O2S/c1-9-14(26-16(22-9)12-4-2-3-7-21-12)15(24)23-10-5-6-13(11(18)8-10)25-17(19)20/h2-8,17H,1H3,(H,23,24). The zero-order chi connectivity index (χ0) is 18.7. The van der Waals surface area contributed by atoms with Crippen LogP contribution in [-0.2, 0) is 0 Å². The van der Waals surface area contributed by atoms with Gasteiger partial charge in [0.25, 0.3) is 5.91 Å². The van der Waals surface area contributed by atoms with Crippen LogP contribution < -0.4 is 10.1 Å². The lowest BCUT2D eigenvalue weighted by molar-refractivity contribution is -0.0521. The molecule has 1 amide bonds. The number of nitrogens with one attached hydrogen (secondary N) is 1. The summed E-state index contributed by atoms with van der Waals surface area (Å²) in [6.45, 7) is -1.45. The summed E-state index contributed by atoms with van der Waals surface area (Å²) < 4.78 is 42.1. The van der Waals surface area contributed by atoms with Gasteiger partial charge in [0, 0.05) is 18.0 Å². The molecule has 2 heterocycles. The minimum Gasteiger partial charge on any atom is -0.432 e. The number of aryl methyl sites for hydroxylation is 1. The summed E-state index contributed by atoms with van der Waals surface area (Å²) >= 11 is 1.15. The van der Waals surface area contributed by atoms with E-state index in [0.29, 0.717) is 21.3 Å². The van der Waals surface area contributed by atoms with Gasteiger partial charge in [-0.2, -0.15) is 8.78 Å². The maximum Gasteiger partial charge on any atom is 0.387 e. The van der Waals surface area contributed by atoms with Gasteiger partial charge in [0.15, 0.2) is 11.6 Å². The molecule has 0 aliphatic carbocycles. The van der Waals surface area contributed by atoms with E-state index in [2.05, 4.69) is 20.0 Å². The number of pyridine rings is 1. The topological polar surface area (TPSA) is 64.1 Å². The Morgan fingerprint density at radius 3 is 2.73 bits per heavy atom. The van der Waals surface area contributed by atoms with Crippen LogP contribution in [0.25, 0.3) is 10.7 Å². The number of ether oxygens (including phenoxy) is 1. The molecule has 0 aliphatic rings. The van der Waals surface area contributed by atoms with Gasteiger partial charge in [-0.05, 0) is 31.2 Å². The van der Waals surface area contributed by atoms with E-state index < -0.39 is 24.1 Å². The van der Waals surface area contributed by atoms with Crippen LogP contribution in [0, 0.1) is 12.7 Å². The summed E-state index contributed by atoms with van der Waals surface area (Å²) in [7, 11) is 0. The molecule has 3 rings (SSSR count). The van der Waals surface area contributed by atoms with Crippen molar-refractivity contribution in [1.29, 1.82) is 0 Å². The number of anilines is 1. The van der Waals surface area contributed by atoms with E-state index in [1.165, 1.54) is 6.07 Å². The largest absolute Gasteiger partial charge is 0.432 e. The number of hydrogen-bond acceptors (Lipinski definition) is 5. The predicted octanol–water partition coefficient (Wildman–Crippen LogP) is 4.51. The predicted molar refractivity (Wildman–Crippen MR) is 91.1 cm³/mol. The second-order valence-corrected chi connectivity index (χ2v) is 6.13. The molecule has 9 heteroatoms. The van der Waals surface area contributed by atoms with Gasteiger partial charge in [-0.25, -0.2) is 9.37 Å². The fraction of sp³-hybridized carbons (Fsp3) is 0.118. The first-order valence-corrected chi connectivity index (χ1v) is 8.20. The van der Waals surface area contributed by atoms with E-state index >= 15 is 0 Å². The maximum atomic E-state index is 13.7. The number of aromatic nitrogens is 2. The molecule has 0 atom stereocenters. The van der Waals surface area contributed by atoms with Crippen LogP contribution in [-0.4, -0.2) is 22.5 Å². The number of carbonyl (C=O) groups excluding carboxylic acids is 1. The maximum absolute atomic E-state index is 13.7. The van der Waals surface area contributed by atoms with Gasteiger partial charge >= 0.3 is 6.61 Å². The lowest BCUT2D eigenvalue weighted by Crippen LogP contribution is -2.12. The average Bonchev–Trinajstić information content (AvgIpc) is 3.00. The number of alkyl halides is 2. The molecule has 0 fully saturated rings. The molecule has 0 unspecified atom stereocenters. The van der Waals surface area contributed by atoms with Gasteiger partial charge in [-0.3, -0.25) is 9.78 Å². The van der Waals surface area contributed by atoms with E-state index in [4.69, 9.17) is 0 Å². The van der Waals surface area contributed by atoms with Crippen LogP contribution in [0.1, 0.15) is 15.4 Å². The third-order valence-electron chi connectivity index (χ3n) is 3.29. The van der Waals surface area contributed by atoms with Crippen molar-refractivity contribution in [2.75, 3.05) is 5.32 Å². The fourth-order valence-corrected chi connectivity index (χ4v) is 3.10. The minimum atomic E-state index is -3.13. The van der Waals surface area contributed by atoms with Crippen molar-refractivity contribution in [3.63, 3.8) is 0 Å². The lowest BCUT2D eigenvalue weighted by atomic mass is 10.2. The summed E-state index contributed by atoms with van der Waals surface area (Å²) in [6.07, 6.45) is 1.62. The van der Waals surface area contributed by atoms with Gasteiger partial charge in [-0.1, -0.05) is 6.07 Å². The van der Waals surface area contributed by atoms with Gasteiger partial charge in [0.05, 0.1) is 11.4 Å². The summed E-state index contributed by atoms with van der Waals surface area (Å²) in [5.74, 6) is -2.08. The summed E-state index contributed by atoms with van der Waals surface area (Å²) in [5, 5.41) is 3.10. The van der Waals surface area contributed by atoms with E-state index in [0.717, 1.165) is 23.5 Å². The summed E-state index contributed by atoms with van der Waals surface area (Å²) in [5.41, 5.74) is 1.26. The Labute approximate surface area is 150 Å². The van der Waals surface area contributed by atoms with Crippen LogP contribution in [0.3, 0.4) is 0 Å². The van der Waals surface area contributed by atoms with Crippen LogP contribution >= 0.6 is 11.3 Å². The lowest BCUT2D eigenvalue weighted by Gasteiger charge is -2.08. The van der Waals surface area contributed by atoms with E-state index in [9.17, 15) is 18.0 Å². The molecule has 0 radical (unpaired) electrons. The fourth-order valence-electron chi connectivity index (χ4n) is 2.16. The van der Waals surface area contributed by atoms with Crippen molar-refractivity contribution in [3.05, 3.63) is 59.0 Å². The molecule has 0 aliphatic heterocycles. The summed E-state index contributed by atoms with van der Waals surface area (Å²) in [4.78, 5) is 21.3. The van der Waals surface area contributed by atoms with Crippen molar-refractivity contribution >= 4 is 22.9 Å². The number of benzene rings is 1. The monoisotopic (exact) mass is 379 g/mol. The number of thiazole rings is 1. The van der Waals surface area contributed by atoms with E-state index in [1.54, 1.807) is 25.3 Å². The number of rotatable bonds is 5. The Bertz CT molecular complexity index is 932. The van der Waals surface area contributed by atoms with Crippen molar-refractivity contribution < 1.29 is 22.7 Å². The Morgan fingerprint density at radius 2 is 2.08 bits per heavy atom. The number of carbonyl (C=O) groups is 1. The second kappa shape index (κ2) is 7.52. The van der Waals surface area contributed by atoms with Crippen LogP contribution in [0.2, 0.25) is 0 Å². The highest BCUT2D eigenvalue weighted by molar-refractivity contribution is 7.17. The van der Waals surface area contributed by atoms with Crippen molar-refractivity contribution in [1.82, 2.24) is 9.97 Å². The average molecular weight is 379 g/mol. The Hall–Kier alpha value is -2.94. The van der Waals surface area contributed by atoms with E-state index in [-0.39, 0.29) is 5.69 Å². The highest BCUT2D eigenvalue weighted by atomic mass is 32.1. The first kappa shape index (κ1) is 17.9. The SMILES string of the molecule is Cc1nc(-c2ccccn2)sc1C(=O)Nc1ccc(OC(F)F)c(F)c1. The molecule has 0 saturated carbocycles. The number of halogens is 3. The van der Waals surface area contributed by atoms with E-state index in [1.807, 2.05) is 6.07 Å². The molecule has 0 saturated heterocycles. The van der Waals surface area contributed by atoms with Crippen LogP contribution in [0.5, 0.6) is 5.75 Å². The van der Waals surface area contributed by atoms with Crippen molar-refractivity contribution in [2.24, 2.45) is 0 Å². The molecule has 134 valence electrons. The minimum absolute atomic E-state index is 0.112. The highest BCUT2D eigenvalue weighted by Gasteiger charge is 2.18.